The van der Waals surface area contributed by atoms with Crippen molar-refractivity contribution in [2.45, 2.75) is 13.5 Å². The summed E-state index contributed by atoms with van der Waals surface area (Å²) in [5.41, 5.74) is 0.962. The minimum Gasteiger partial charge on any atom is -0.484 e. The van der Waals surface area contributed by atoms with E-state index >= 15 is 0 Å². The second kappa shape index (κ2) is 4.68. The molecular weight excluding hydrogens is 240 g/mol. The molecule has 0 radical (unpaired) electrons. The van der Waals surface area contributed by atoms with E-state index < -0.39 is 0 Å². The van der Waals surface area contributed by atoms with Gasteiger partial charge in [-0.3, -0.25) is 4.98 Å². The van der Waals surface area contributed by atoms with E-state index in [1.807, 2.05) is 48.9 Å². The van der Waals surface area contributed by atoms with Gasteiger partial charge >= 0.3 is 0 Å². The van der Waals surface area contributed by atoms with Crippen LogP contribution in [0.25, 0.3) is 10.9 Å². The van der Waals surface area contributed by atoms with Crippen LogP contribution in [-0.4, -0.2) is 19.7 Å². The fourth-order valence-corrected chi connectivity index (χ4v) is 1.85. The van der Waals surface area contributed by atoms with Crippen LogP contribution in [0.1, 0.15) is 11.6 Å². The highest BCUT2D eigenvalue weighted by atomic mass is 16.5. The van der Waals surface area contributed by atoms with Crippen molar-refractivity contribution in [3.63, 3.8) is 0 Å². The fraction of sp³-hybridized carbons (Fsp3) is 0.214. The summed E-state index contributed by atoms with van der Waals surface area (Å²) in [6.07, 6.45) is 1.73. The largest absolute Gasteiger partial charge is 0.484 e. The highest BCUT2D eigenvalue weighted by Crippen LogP contribution is 2.18. The van der Waals surface area contributed by atoms with E-state index in [-0.39, 0.29) is 0 Å². The zero-order valence-electron chi connectivity index (χ0n) is 10.9. The summed E-state index contributed by atoms with van der Waals surface area (Å²) in [4.78, 5) is 4.35. The zero-order valence-corrected chi connectivity index (χ0v) is 10.9. The number of pyridine rings is 1. The minimum absolute atomic E-state index is 0.386. The number of fused-ring (bicyclic) bond motifs is 1. The fourth-order valence-electron chi connectivity index (χ4n) is 1.85. The molecule has 0 aliphatic carbocycles. The number of para-hydroxylation sites is 1. The molecule has 3 rings (SSSR count). The molecule has 0 unspecified atom stereocenters. The maximum Gasteiger partial charge on any atom is 0.170 e. The Labute approximate surface area is 110 Å². The molecule has 19 heavy (non-hydrogen) atoms. The van der Waals surface area contributed by atoms with Gasteiger partial charge in [-0.2, -0.15) is 0 Å². The lowest BCUT2D eigenvalue weighted by Gasteiger charge is -2.06. The van der Waals surface area contributed by atoms with Crippen molar-refractivity contribution in [1.29, 1.82) is 0 Å². The lowest BCUT2D eigenvalue weighted by atomic mass is 10.2. The van der Waals surface area contributed by atoms with Gasteiger partial charge in [-0.15, -0.1) is 10.2 Å². The van der Waals surface area contributed by atoms with Gasteiger partial charge in [0.1, 0.15) is 18.2 Å². The van der Waals surface area contributed by atoms with Crippen molar-refractivity contribution in [3.8, 4) is 5.75 Å². The van der Waals surface area contributed by atoms with Gasteiger partial charge in [-0.05, 0) is 19.1 Å². The van der Waals surface area contributed by atoms with Gasteiger partial charge in [0.15, 0.2) is 5.82 Å². The maximum absolute atomic E-state index is 5.71. The Bertz CT molecular complexity index is 720. The Morgan fingerprint density at radius 3 is 2.84 bits per heavy atom. The predicted octanol–water partition coefficient (Wildman–Crippen LogP) is 2.25. The molecule has 0 N–H and O–H groups in total. The molecule has 5 heteroatoms. The number of aryl methyl sites for hydroxylation is 1. The Balaban J connectivity index is 1.80. The molecule has 5 nitrogen and oxygen atoms in total. The van der Waals surface area contributed by atoms with Crippen LogP contribution in [0.2, 0.25) is 0 Å². The van der Waals surface area contributed by atoms with Crippen LogP contribution in [0.4, 0.5) is 0 Å². The van der Waals surface area contributed by atoms with Crippen LogP contribution in [0, 0.1) is 6.92 Å². The molecule has 2 heterocycles. The first kappa shape index (κ1) is 11.6. The predicted molar refractivity (Wildman–Crippen MR) is 71.8 cm³/mol. The number of hydrogen-bond acceptors (Lipinski definition) is 4. The van der Waals surface area contributed by atoms with Crippen LogP contribution in [0.5, 0.6) is 5.75 Å². The molecule has 3 aromatic rings. The SMILES string of the molecule is Cc1nnc(COc2cnc3ccccc3c2)n1C. The summed E-state index contributed by atoms with van der Waals surface area (Å²) >= 11 is 0. The molecule has 0 atom stereocenters. The third-order valence-electron chi connectivity index (χ3n) is 3.12. The molecule has 1 aromatic carbocycles. The molecule has 2 aromatic heterocycles. The summed E-state index contributed by atoms with van der Waals surface area (Å²) in [6, 6.07) is 9.93. The number of ether oxygens (including phenoxy) is 1. The van der Waals surface area contributed by atoms with E-state index in [4.69, 9.17) is 4.74 Å². The molecule has 0 amide bonds. The quantitative estimate of drug-likeness (QED) is 0.719. The van der Waals surface area contributed by atoms with E-state index in [1.54, 1.807) is 6.20 Å². The van der Waals surface area contributed by atoms with Gasteiger partial charge in [0, 0.05) is 12.4 Å². The summed E-state index contributed by atoms with van der Waals surface area (Å²) in [5, 5.41) is 9.12. The average molecular weight is 254 g/mol. The van der Waals surface area contributed by atoms with Crippen LogP contribution in [0.15, 0.2) is 36.5 Å². The van der Waals surface area contributed by atoms with Crippen molar-refractivity contribution < 1.29 is 4.74 Å². The molecule has 96 valence electrons. The number of benzene rings is 1. The average Bonchev–Trinajstić information content (AvgIpc) is 2.76. The molecule has 0 spiro atoms. The molecule has 0 bridgehead atoms. The Morgan fingerprint density at radius 1 is 1.21 bits per heavy atom. The van der Waals surface area contributed by atoms with Gasteiger partial charge in [0.05, 0.1) is 11.7 Å². The first-order valence-electron chi connectivity index (χ1n) is 6.06. The molecule has 0 saturated carbocycles. The second-order valence-corrected chi connectivity index (χ2v) is 4.37. The van der Waals surface area contributed by atoms with Crippen molar-refractivity contribution in [3.05, 3.63) is 48.2 Å². The van der Waals surface area contributed by atoms with E-state index in [2.05, 4.69) is 15.2 Å². The van der Waals surface area contributed by atoms with E-state index in [0.29, 0.717) is 6.61 Å². The molecular formula is C14H14N4O. The molecule has 0 fully saturated rings. The third-order valence-corrected chi connectivity index (χ3v) is 3.12. The van der Waals surface area contributed by atoms with Gasteiger partial charge < -0.3 is 9.30 Å². The molecule has 0 aliphatic rings. The van der Waals surface area contributed by atoms with Gasteiger partial charge in [0.2, 0.25) is 0 Å². The lowest BCUT2D eigenvalue weighted by Crippen LogP contribution is -2.04. The molecule has 0 aliphatic heterocycles. The van der Waals surface area contributed by atoms with E-state index in [1.165, 1.54) is 0 Å². The minimum atomic E-state index is 0.386. The van der Waals surface area contributed by atoms with Gasteiger partial charge in [0.25, 0.3) is 0 Å². The van der Waals surface area contributed by atoms with Gasteiger partial charge in [-0.1, -0.05) is 18.2 Å². The highest BCUT2D eigenvalue weighted by Gasteiger charge is 2.06. The van der Waals surface area contributed by atoms with Crippen LogP contribution >= 0.6 is 0 Å². The Morgan fingerprint density at radius 2 is 2.05 bits per heavy atom. The van der Waals surface area contributed by atoms with Crippen molar-refractivity contribution in [2.24, 2.45) is 7.05 Å². The van der Waals surface area contributed by atoms with Gasteiger partial charge in [-0.25, -0.2) is 0 Å². The first-order valence-corrected chi connectivity index (χ1v) is 6.06. The lowest BCUT2D eigenvalue weighted by molar-refractivity contribution is 0.290. The summed E-state index contributed by atoms with van der Waals surface area (Å²) < 4.78 is 7.62. The van der Waals surface area contributed by atoms with Crippen molar-refractivity contribution in [1.82, 2.24) is 19.7 Å². The summed E-state index contributed by atoms with van der Waals surface area (Å²) in [6.45, 7) is 2.30. The standard InChI is InChI=1S/C14H14N4O/c1-10-16-17-14(18(10)2)9-19-12-7-11-5-3-4-6-13(11)15-8-12/h3-8H,9H2,1-2H3. The zero-order chi connectivity index (χ0) is 13.2. The van der Waals surface area contributed by atoms with Crippen LogP contribution in [-0.2, 0) is 13.7 Å². The third kappa shape index (κ3) is 2.27. The monoisotopic (exact) mass is 254 g/mol. The Kier molecular flexibility index (Phi) is 2.87. The Hall–Kier alpha value is -2.43. The van der Waals surface area contributed by atoms with Crippen molar-refractivity contribution >= 4 is 10.9 Å². The summed E-state index contributed by atoms with van der Waals surface area (Å²) in [7, 11) is 1.92. The van der Waals surface area contributed by atoms with E-state index in [0.717, 1.165) is 28.3 Å². The van der Waals surface area contributed by atoms with E-state index in [9.17, 15) is 0 Å². The highest BCUT2D eigenvalue weighted by molar-refractivity contribution is 5.79. The normalized spacial score (nSPS) is 10.8. The number of rotatable bonds is 3. The van der Waals surface area contributed by atoms with Crippen LogP contribution < -0.4 is 4.74 Å². The summed E-state index contributed by atoms with van der Waals surface area (Å²) in [5.74, 6) is 2.40. The topological polar surface area (TPSA) is 52.8 Å². The smallest absolute Gasteiger partial charge is 0.170 e. The molecule has 0 saturated heterocycles. The number of aromatic nitrogens is 4. The van der Waals surface area contributed by atoms with Crippen molar-refractivity contribution in [2.75, 3.05) is 0 Å². The maximum atomic E-state index is 5.71. The van der Waals surface area contributed by atoms with Crippen LogP contribution in [0.3, 0.4) is 0 Å². The second-order valence-electron chi connectivity index (χ2n) is 4.37. The number of hydrogen-bond donors (Lipinski definition) is 0. The number of nitrogens with zero attached hydrogens (tertiary/aromatic N) is 4. The first-order chi connectivity index (χ1) is 9.24.